The molecule has 38 heavy (non-hydrogen) atoms. The Morgan fingerprint density at radius 3 is 2.32 bits per heavy atom. The van der Waals surface area contributed by atoms with Crippen molar-refractivity contribution in [3.63, 3.8) is 0 Å². The zero-order valence-corrected chi connectivity index (χ0v) is 22.1. The molecule has 0 aliphatic carbocycles. The van der Waals surface area contributed by atoms with Crippen LogP contribution in [0.4, 0.5) is 9.93 Å². The minimum atomic E-state index is -0.150. The Morgan fingerprint density at radius 1 is 0.974 bits per heavy atom. The standard InChI is InChI=1S/C30H33N5O2S/c36-28-16-15-24(21-32-28)31-18-20-35(30(37)34-29-33-26-13-7-8-14-27(26)38-29)19-17-25(22-9-3-1-4-10-22)23-11-5-2-6-12-23/h1-14,24-25,31H,15-21H2,(H,32,36)(H,33,34,37). The number of piperidine rings is 1. The summed E-state index contributed by atoms with van der Waals surface area (Å²) in [5.74, 6) is 0.282. The lowest BCUT2D eigenvalue weighted by molar-refractivity contribution is -0.122. The quantitative estimate of drug-likeness (QED) is 0.264. The van der Waals surface area contributed by atoms with Crippen LogP contribution in [-0.4, -0.2) is 54.0 Å². The van der Waals surface area contributed by atoms with Crippen LogP contribution >= 0.6 is 11.3 Å². The molecule has 1 fully saturated rings. The van der Waals surface area contributed by atoms with Crippen molar-refractivity contribution in [3.05, 3.63) is 96.1 Å². The van der Waals surface area contributed by atoms with E-state index in [9.17, 15) is 9.59 Å². The summed E-state index contributed by atoms with van der Waals surface area (Å²) in [7, 11) is 0. The first kappa shape index (κ1) is 25.9. The van der Waals surface area contributed by atoms with Gasteiger partial charge in [-0.3, -0.25) is 10.1 Å². The Balaban J connectivity index is 1.29. The van der Waals surface area contributed by atoms with Gasteiger partial charge < -0.3 is 15.5 Å². The molecule has 3 N–H and O–H groups in total. The largest absolute Gasteiger partial charge is 0.355 e. The van der Waals surface area contributed by atoms with Crippen LogP contribution in [0.3, 0.4) is 0 Å². The van der Waals surface area contributed by atoms with E-state index in [-0.39, 0.29) is 23.9 Å². The molecule has 0 bridgehead atoms. The third-order valence-electron chi connectivity index (χ3n) is 6.97. The predicted octanol–water partition coefficient (Wildman–Crippen LogP) is 5.22. The Labute approximate surface area is 227 Å². The zero-order chi connectivity index (χ0) is 26.2. The molecule has 8 heteroatoms. The Kier molecular flexibility index (Phi) is 8.63. The highest BCUT2D eigenvalue weighted by Crippen LogP contribution is 2.29. The molecule has 196 valence electrons. The highest BCUT2D eigenvalue weighted by molar-refractivity contribution is 7.22. The fraction of sp³-hybridized carbons (Fsp3) is 0.300. The number of aromatic nitrogens is 1. The first-order valence-corrected chi connectivity index (χ1v) is 14.0. The second-order valence-electron chi connectivity index (χ2n) is 9.56. The van der Waals surface area contributed by atoms with Gasteiger partial charge in [-0.1, -0.05) is 84.1 Å². The lowest BCUT2D eigenvalue weighted by Gasteiger charge is -2.28. The van der Waals surface area contributed by atoms with Crippen LogP contribution in [0.5, 0.6) is 0 Å². The van der Waals surface area contributed by atoms with Crippen molar-refractivity contribution >= 4 is 38.6 Å². The van der Waals surface area contributed by atoms with Gasteiger partial charge in [-0.2, -0.15) is 0 Å². The topological polar surface area (TPSA) is 86.4 Å². The molecular weight excluding hydrogens is 494 g/mol. The van der Waals surface area contributed by atoms with Crippen molar-refractivity contribution in [1.29, 1.82) is 0 Å². The molecule has 1 aromatic heterocycles. The second-order valence-corrected chi connectivity index (χ2v) is 10.6. The second kappa shape index (κ2) is 12.7. The SMILES string of the molecule is O=C1CCC(NCCN(CCC(c2ccccc2)c2ccccc2)C(=O)Nc2nc3ccccc3s2)CN1. The first-order valence-electron chi connectivity index (χ1n) is 13.2. The van der Waals surface area contributed by atoms with Crippen LogP contribution in [0.2, 0.25) is 0 Å². The van der Waals surface area contributed by atoms with Gasteiger partial charge in [0.1, 0.15) is 0 Å². The number of benzene rings is 3. The van der Waals surface area contributed by atoms with Crippen molar-refractivity contribution in [2.75, 3.05) is 31.5 Å². The van der Waals surface area contributed by atoms with Gasteiger partial charge in [-0.05, 0) is 36.1 Å². The third kappa shape index (κ3) is 6.76. The van der Waals surface area contributed by atoms with Crippen LogP contribution in [0, 0.1) is 0 Å². The van der Waals surface area contributed by atoms with Crippen molar-refractivity contribution in [2.24, 2.45) is 0 Å². The lowest BCUT2D eigenvalue weighted by atomic mass is 9.88. The lowest BCUT2D eigenvalue weighted by Crippen LogP contribution is -2.48. The Bertz CT molecular complexity index is 1260. The summed E-state index contributed by atoms with van der Waals surface area (Å²) < 4.78 is 1.04. The molecule has 7 nitrogen and oxygen atoms in total. The number of amides is 3. The fourth-order valence-electron chi connectivity index (χ4n) is 4.90. The number of urea groups is 1. The number of para-hydroxylation sites is 1. The molecule has 1 saturated heterocycles. The number of thiazole rings is 1. The van der Waals surface area contributed by atoms with E-state index in [1.54, 1.807) is 0 Å². The Morgan fingerprint density at radius 2 is 1.66 bits per heavy atom. The highest BCUT2D eigenvalue weighted by Gasteiger charge is 2.21. The summed E-state index contributed by atoms with van der Waals surface area (Å²) in [5.41, 5.74) is 3.36. The summed E-state index contributed by atoms with van der Waals surface area (Å²) in [5, 5.41) is 10.1. The van der Waals surface area contributed by atoms with Crippen LogP contribution in [0.15, 0.2) is 84.9 Å². The van der Waals surface area contributed by atoms with E-state index in [4.69, 9.17) is 0 Å². The third-order valence-corrected chi connectivity index (χ3v) is 7.92. The number of rotatable bonds is 10. The van der Waals surface area contributed by atoms with E-state index in [0.29, 0.717) is 37.7 Å². The molecule has 1 aliphatic rings. The molecule has 1 atom stereocenters. The van der Waals surface area contributed by atoms with E-state index in [0.717, 1.165) is 23.1 Å². The molecule has 4 aromatic rings. The van der Waals surface area contributed by atoms with Crippen molar-refractivity contribution < 1.29 is 9.59 Å². The summed E-state index contributed by atoms with van der Waals surface area (Å²) >= 11 is 1.48. The predicted molar refractivity (Wildman–Crippen MR) is 154 cm³/mol. The molecular formula is C30H33N5O2S. The summed E-state index contributed by atoms with van der Waals surface area (Å²) in [6.45, 7) is 2.42. The summed E-state index contributed by atoms with van der Waals surface area (Å²) in [4.78, 5) is 31.5. The van der Waals surface area contributed by atoms with Gasteiger partial charge in [0.05, 0.1) is 10.2 Å². The maximum Gasteiger partial charge on any atom is 0.323 e. The number of nitrogens with zero attached hydrogens (tertiary/aromatic N) is 2. The van der Waals surface area contributed by atoms with E-state index < -0.39 is 0 Å². The molecule has 0 radical (unpaired) electrons. The number of anilines is 1. The van der Waals surface area contributed by atoms with Crippen molar-refractivity contribution in [3.8, 4) is 0 Å². The first-order chi connectivity index (χ1) is 18.7. The molecule has 3 amide bonds. The summed E-state index contributed by atoms with van der Waals surface area (Å²) in [6, 6.07) is 28.9. The van der Waals surface area contributed by atoms with Crippen molar-refractivity contribution in [2.45, 2.75) is 31.2 Å². The Hall–Kier alpha value is -3.75. The minimum absolute atomic E-state index is 0.104. The van der Waals surface area contributed by atoms with Gasteiger partial charge in [0.25, 0.3) is 0 Å². The van der Waals surface area contributed by atoms with Gasteiger partial charge >= 0.3 is 6.03 Å². The molecule has 2 heterocycles. The van der Waals surface area contributed by atoms with E-state index in [1.165, 1.54) is 22.5 Å². The smallest absolute Gasteiger partial charge is 0.323 e. The molecule has 1 aliphatic heterocycles. The van der Waals surface area contributed by atoms with Crippen LogP contribution < -0.4 is 16.0 Å². The zero-order valence-electron chi connectivity index (χ0n) is 21.3. The fourth-order valence-corrected chi connectivity index (χ4v) is 5.76. The summed E-state index contributed by atoms with van der Waals surface area (Å²) in [6.07, 6.45) is 2.14. The van der Waals surface area contributed by atoms with Gasteiger partial charge in [0.2, 0.25) is 5.91 Å². The van der Waals surface area contributed by atoms with E-state index in [1.807, 2.05) is 41.3 Å². The normalized spacial score (nSPS) is 15.4. The van der Waals surface area contributed by atoms with Gasteiger partial charge in [0.15, 0.2) is 5.13 Å². The van der Waals surface area contributed by atoms with Gasteiger partial charge in [-0.25, -0.2) is 9.78 Å². The minimum Gasteiger partial charge on any atom is -0.355 e. The number of carbonyl (C=O) groups is 2. The molecule has 0 saturated carbocycles. The number of fused-ring (bicyclic) bond motifs is 1. The maximum absolute atomic E-state index is 13.5. The average Bonchev–Trinajstić information content (AvgIpc) is 3.36. The number of hydrogen-bond acceptors (Lipinski definition) is 5. The maximum atomic E-state index is 13.5. The van der Waals surface area contributed by atoms with Crippen LogP contribution in [0.25, 0.3) is 10.2 Å². The molecule has 5 rings (SSSR count). The van der Waals surface area contributed by atoms with Gasteiger partial charge in [0, 0.05) is 44.6 Å². The average molecular weight is 528 g/mol. The van der Waals surface area contributed by atoms with Crippen molar-refractivity contribution in [1.82, 2.24) is 20.5 Å². The molecule has 0 spiro atoms. The number of nitrogens with one attached hydrogen (secondary N) is 3. The van der Waals surface area contributed by atoms with E-state index >= 15 is 0 Å². The number of carbonyl (C=O) groups excluding carboxylic acids is 2. The number of hydrogen-bond donors (Lipinski definition) is 3. The molecule has 1 unspecified atom stereocenters. The monoisotopic (exact) mass is 527 g/mol. The molecule has 3 aromatic carbocycles. The van der Waals surface area contributed by atoms with Crippen LogP contribution in [0.1, 0.15) is 36.3 Å². The van der Waals surface area contributed by atoms with Crippen LogP contribution in [-0.2, 0) is 4.79 Å². The van der Waals surface area contributed by atoms with Gasteiger partial charge in [-0.15, -0.1) is 0 Å². The van der Waals surface area contributed by atoms with E-state index in [2.05, 4.69) is 69.5 Å². The highest BCUT2D eigenvalue weighted by atomic mass is 32.1.